The van der Waals surface area contributed by atoms with Crippen LogP contribution in [0.25, 0.3) is 0 Å². The number of nitrogens with one attached hydrogen (secondary N) is 1. The molecule has 7 nitrogen and oxygen atoms in total. The minimum Gasteiger partial charge on any atom is -0.379 e. The summed E-state index contributed by atoms with van der Waals surface area (Å²) in [5.74, 6) is 0. The van der Waals surface area contributed by atoms with Crippen LogP contribution in [0.1, 0.15) is 12.5 Å². The van der Waals surface area contributed by atoms with E-state index in [0.29, 0.717) is 25.3 Å². The summed E-state index contributed by atoms with van der Waals surface area (Å²) >= 11 is 0. The summed E-state index contributed by atoms with van der Waals surface area (Å²) in [7, 11) is -7.47. The molecule has 1 N–H and O–H groups in total. The Balaban J connectivity index is 1.84. The van der Waals surface area contributed by atoms with Crippen LogP contribution in [0.5, 0.6) is 0 Å². The SMILES string of the molecule is CCc1ccccc1NS(=O)(=O)c1ccc(S(=O)(=O)N2CCOCC2)cc1. The number of sulfonamides is 2. The highest BCUT2D eigenvalue weighted by Gasteiger charge is 2.27. The Hall–Kier alpha value is -1.94. The maximum absolute atomic E-state index is 12.6. The molecule has 1 saturated heterocycles. The summed E-state index contributed by atoms with van der Waals surface area (Å²) < 4.78 is 59.6. The van der Waals surface area contributed by atoms with Crippen molar-refractivity contribution in [1.29, 1.82) is 0 Å². The van der Waals surface area contributed by atoms with Gasteiger partial charge in [0, 0.05) is 13.1 Å². The number of morpholine rings is 1. The van der Waals surface area contributed by atoms with Crippen molar-refractivity contribution in [1.82, 2.24) is 4.31 Å². The Labute approximate surface area is 160 Å². The summed E-state index contributed by atoms with van der Waals surface area (Å²) in [5, 5.41) is 0. The van der Waals surface area contributed by atoms with Crippen LogP contribution in [-0.4, -0.2) is 47.4 Å². The van der Waals surface area contributed by atoms with E-state index in [0.717, 1.165) is 5.56 Å². The zero-order chi connectivity index (χ0) is 19.5. The number of benzene rings is 2. The van der Waals surface area contributed by atoms with Crippen LogP contribution in [0.2, 0.25) is 0 Å². The van der Waals surface area contributed by atoms with Crippen LogP contribution in [0.3, 0.4) is 0 Å². The molecule has 1 aliphatic heterocycles. The number of aryl methyl sites for hydroxylation is 1. The van der Waals surface area contributed by atoms with Crippen molar-refractivity contribution in [2.45, 2.75) is 23.1 Å². The highest BCUT2D eigenvalue weighted by Crippen LogP contribution is 2.23. The fourth-order valence-corrected chi connectivity index (χ4v) is 5.37. The van der Waals surface area contributed by atoms with Gasteiger partial charge >= 0.3 is 0 Å². The van der Waals surface area contributed by atoms with E-state index in [-0.39, 0.29) is 22.9 Å². The van der Waals surface area contributed by atoms with Crippen molar-refractivity contribution in [3.63, 3.8) is 0 Å². The minimum atomic E-state index is -3.81. The normalized spacial score (nSPS) is 16.2. The third kappa shape index (κ3) is 4.32. The monoisotopic (exact) mass is 410 g/mol. The Morgan fingerprint density at radius 1 is 0.926 bits per heavy atom. The smallest absolute Gasteiger partial charge is 0.261 e. The molecule has 9 heteroatoms. The zero-order valence-electron chi connectivity index (χ0n) is 15.0. The van der Waals surface area contributed by atoms with Gasteiger partial charge < -0.3 is 4.74 Å². The van der Waals surface area contributed by atoms with Gasteiger partial charge in [0.15, 0.2) is 0 Å². The second kappa shape index (κ2) is 7.97. The lowest BCUT2D eigenvalue weighted by molar-refractivity contribution is 0.0730. The van der Waals surface area contributed by atoms with Gasteiger partial charge in [0.1, 0.15) is 0 Å². The van der Waals surface area contributed by atoms with Crippen LogP contribution >= 0.6 is 0 Å². The lowest BCUT2D eigenvalue weighted by Crippen LogP contribution is -2.40. The van der Waals surface area contributed by atoms with E-state index in [1.165, 1.54) is 28.6 Å². The molecule has 0 spiro atoms. The van der Waals surface area contributed by atoms with Crippen LogP contribution in [0.4, 0.5) is 5.69 Å². The van der Waals surface area contributed by atoms with E-state index < -0.39 is 20.0 Å². The third-order valence-corrected chi connectivity index (χ3v) is 7.68. The molecular formula is C18H22N2O5S2. The van der Waals surface area contributed by atoms with E-state index in [2.05, 4.69) is 4.72 Å². The number of nitrogens with zero attached hydrogens (tertiary/aromatic N) is 1. The van der Waals surface area contributed by atoms with Gasteiger partial charge in [-0.2, -0.15) is 4.31 Å². The number of anilines is 1. The molecule has 2 aromatic rings. The molecule has 1 fully saturated rings. The molecule has 0 amide bonds. The molecule has 2 aromatic carbocycles. The summed E-state index contributed by atoms with van der Waals surface area (Å²) in [6, 6.07) is 12.4. The summed E-state index contributed by atoms with van der Waals surface area (Å²) in [5.41, 5.74) is 1.40. The molecule has 1 heterocycles. The standard InChI is InChI=1S/C18H22N2O5S2/c1-2-15-5-3-4-6-18(15)19-26(21,22)16-7-9-17(10-8-16)27(23,24)20-11-13-25-14-12-20/h3-10,19H,2,11-14H2,1H3. The van der Waals surface area contributed by atoms with E-state index in [1.807, 2.05) is 19.1 Å². The van der Waals surface area contributed by atoms with Crippen LogP contribution < -0.4 is 4.72 Å². The average Bonchev–Trinajstić information content (AvgIpc) is 2.69. The number of rotatable bonds is 6. The van der Waals surface area contributed by atoms with E-state index >= 15 is 0 Å². The second-order valence-corrected chi connectivity index (χ2v) is 9.72. The zero-order valence-corrected chi connectivity index (χ0v) is 16.6. The molecule has 0 radical (unpaired) electrons. The van der Waals surface area contributed by atoms with Gasteiger partial charge in [-0.1, -0.05) is 25.1 Å². The van der Waals surface area contributed by atoms with Crippen LogP contribution in [-0.2, 0) is 31.2 Å². The molecule has 1 aliphatic rings. The van der Waals surface area contributed by atoms with Crippen molar-refractivity contribution >= 4 is 25.7 Å². The number of para-hydroxylation sites is 1. The Kier molecular flexibility index (Phi) is 5.85. The predicted molar refractivity (Wildman–Crippen MR) is 103 cm³/mol. The van der Waals surface area contributed by atoms with Gasteiger partial charge in [0.2, 0.25) is 10.0 Å². The molecule has 0 aromatic heterocycles. The number of hydrogen-bond donors (Lipinski definition) is 1. The largest absolute Gasteiger partial charge is 0.379 e. The Morgan fingerprint density at radius 3 is 2.15 bits per heavy atom. The molecule has 146 valence electrons. The fraction of sp³-hybridized carbons (Fsp3) is 0.333. The van der Waals surface area contributed by atoms with Gasteiger partial charge in [-0.05, 0) is 42.3 Å². The molecule has 0 saturated carbocycles. The first-order valence-electron chi connectivity index (χ1n) is 8.63. The highest BCUT2D eigenvalue weighted by atomic mass is 32.2. The third-order valence-electron chi connectivity index (χ3n) is 4.38. The molecular weight excluding hydrogens is 388 g/mol. The van der Waals surface area contributed by atoms with Gasteiger partial charge in [0.05, 0.1) is 28.7 Å². The van der Waals surface area contributed by atoms with Crippen molar-refractivity contribution in [3.8, 4) is 0 Å². The van der Waals surface area contributed by atoms with Crippen molar-refractivity contribution < 1.29 is 21.6 Å². The van der Waals surface area contributed by atoms with E-state index in [1.54, 1.807) is 12.1 Å². The number of ether oxygens (including phenoxy) is 1. The molecule has 0 unspecified atom stereocenters. The summed E-state index contributed by atoms with van der Waals surface area (Å²) in [6.07, 6.45) is 0.690. The van der Waals surface area contributed by atoms with Crippen LogP contribution in [0, 0.1) is 0 Å². The Morgan fingerprint density at radius 2 is 1.52 bits per heavy atom. The van der Waals surface area contributed by atoms with Crippen molar-refractivity contribution in [2.24, 2.45) is 0 Å². The lowest BCUT2D eigenvalue weighted by atomic mass is 10.1. The molecule has 0 aliphatic carbocycles. The lowest BCUT2D eigenvalue weighted by Gasteiger charge is -2.26. The Bertz CT molecular complexity index is 996. The van der Waals surface area contributed by atoms with Gasteiger partial charge in [0.25, 0.3) is 10.0 Å². The fourth-order valence-electron chi connectivity index (χ4n) is 2.86. The van der Waals surface area contributed by atoms with Gasteiger partial charge in [-0.25, -0.2) is 16.8 Å². The summed E-state index contributed by atoms with van der Waals surface area (Å²) in [4.78, 5) is 0.0756. The first-order chi connectivity index (χ1) is 12.8. The first kappa shape index (κ1) is 19.8. The van der Waals surface area contributed by atoms with E-state index in [4.69, 9.17) is 4.74 Å². The predicted octanol–water partition coefficient (Wildman–Crippen LogP) is 2.07. The highest BCUT2D eigenvalue weighted by molar-refractivity contribution is 7.92. The maximum Gasteiger partial charge on any atom is 0.261 e. The van der Waals surface area contributed by atoms with E-state index in [9.17, 15) is 16.8 Å². The quantitative estimate of drug-likeness (QED) is 0.787. The molecule has 27 heavy (non-hydrogen) atoms. The van der Waals surface area contributed by atoms with Crippen molar-refractivity contribution in [3.05, 3.63) is 54.1 Å². The van der Waals surface area contributed by atoms with Crippen molar-refractivity contribution in [2.75, 3.05) is 31.0 Å². The summed E-state index contributed by atoms with van der Waals surface area (Å²) in [6.45, 7) is 3.23. The van der Waals surface area contributed by atoms with Gasteiger partial charge in [-0.15, -0.1) is 0 Å². The first-order valence-corrected chi connectivity index (χ1v) is 11.6. The topological polar surface area (TPSA) is 92.8 Å². The second-order valence-electron chi connectivity index (χ2n) is 6.10. The van der Waals surface area contributed by atoms with Crippen LogP contribution in [0.15, 0.2) is 58.3 Å². The minimum absolute atomic E-state index is 0.00864. The maximum atomic E-state index is 12.6. The number of hydrogen-bond acceptors (Lipinski definition) is 5. The molecule has 0 bridgehead atoms. The average molecular weight is 411 g/mol. The van der Waals surface area contributed by atoms with Gasteiger partial charge in [-0.3, -0.25) is 4.72 Å². The molecule has 0 atom stereocenters. The molecule has 3 rings (SSSR count).